The number of carbonyl (C=O) groups excluding carboxylic acids is 2. The van der Waals surface area contributed by atoms with Gasteiger partial charge in [-0.3, -0.25) is 4.79 Å². The van der Waals surface area contributed by atoms with Crippen LogP contribution in [0.1, 0.15) is 63.5 Å². The predicted octanol–water partition coefficient (Wildman–Crippen LogP) is 5.03. The van der Waals surface area contributed by atoms with E-state index in [2.05, 4.69) is 5.32 Å². The maximum atomic E-state index is 14.0. The molecule has 2 atom stereocenters. The Labute approximate surface area is 191 Å². The number of nitrogens with one attached hydrogen (secondary N) is 1. The number of alkyl halides is 3. The number of rotatable bonds is 4. The fourth-order valence-electron chi connectivity index (χ4n) is 5.05. The highest BCUT2D eigenvalue weighted by Crippen LogP contribution is 2.49. The number of hydrogen-bond acceptors (Lipinski definition) is 5. The first-order valence-corrected chi connectivity index (χ1v) is 11.2. The topological polar surface area (TPSA) is 64.6 Å². The van der Waals surface area contributed by atoms with Gasteiger partial charge in [0.15, 0.2) is 5.78 Å². The van der Waals surface area contributed by atoms with E-state index in [1.54, 1.807) is 6.92 Å². The second-order valence-electron chi connectivity index (χ2n) is 9.75. The smallest absolute Gasteiger partial charge is 0.416 e. The highest BCUT2D eigenvalue weighted by molar-refractivity contribution is 6.04. The molecule has 1 N–H and O–H groups in total. The normalized spacial score (nSPS) is 25.1. The van der Waals surface area contributed by atoms with Gasteiger partial charge in [-0.2, -0.15) is 13.2 Å². The summed E-state index contributed by atoms with van der Waals surface area (Å²) in [6.07, 6.45) is -2.55. The van der Waals surface area contributed by atoms with Crippen LogP contribution in [0.2, 0.25) is 0 Å². The molecule has 4 rings (SSSR count). The number of halogens is 3. The minimum atomic E-state index is -4.64. The number of benzene rings is 1. The summed E-state index contributed by atoms with van der Waals surface area (Å²) in [6, 6.07) is 5.13. The molecule has 0 bridgehead atoms. The van der Waals surface area contributed by atoms with E-state index < -0.39 is 23.6 Å². The molecule has 0 spiro atoms. The molecule has 2 heterocycles. The second kappa shape index (κ2) is 8.63. The zero-order valence-corrected chi connectivity index (χ0v) is 19.0. The minimum Gasteiger partial charge on any atom is -0.459 e. The minimum absolute atomic E-state index is 0.0239. The van der Waals surface area contributed by atoms with Crippen LogP contribution in [0.3, 0.4) is 0 Å². The Kier molecular flexibility index (Phi) is 6.16. The Bertz CT molecular complexity index is 1030. The molecule has 1 fully saturated rings. The fourth-order valence-corrected chi connectivity index (χ4v) is 5.05. The van der Waals surface area contributed by atoms with Gasteiger partial charge < -0.3 is 14.8 Å². The molecule has 0 aromatic heterocycles. The molecule has 0 amide bonds. The monoisotopic (exact) mass is 463 g/mol. The lowest BCUT2D eigenvalue weighted by Crippen LogP contribution is -2.39. The molecule has 1 aliphatic carbocycles. The van der Waals surface area contributed by atoms with Gasteiger partial charge in [-0.15, -0.1) is 0 Å². The van der Waals surface area contributed by atoms with Crippen LogP contribution < -0.4 is 5.32 Å². The molecule has 1 aromatic carbocycles. The number of ether oxygens (including phenoxy) is 2. The largest absolute Gasteiger partial charge is 0.459 e. The lowest BCUT2D eigenvalue weighted by atomic mass is 9.68. The van der Waals surface area contributed by atoms with Gasteiger partial charge in [0.1, 0.15) is 6.61 Å². The Morgan fingerprint density at radius 3 is 2.64 bits per heavy atom. The summed E-state index contributed by atoms with van der Waals surface area (Å²) in [5, 5.41) is 3.15. The summed E-state index contributed by atoms with van der Waals surface area (Å²) in [6.45, 7) is 6.14. The average Bonchev–Trinajstić information content (AvgIpc) is 3.23. The zero-order chi connectivity index (χ0) is 24.0. The summed E-state index contributed by atoms with van der Waals surface area (Å²) in [4.78, 5) is 26.5. The van der Waals surface area contributed by atoms with Crippen molar-refractivity contribution in [2.45, 2.75) is 64.7 Å². The van der Waals surface area contributed by atoms with Crippen molar-refractivity contribution in [3.63, 3.8) is 0 Å². The maximum absolute atomic E-state index is 14.0. The molecule has 0 radical (unpaired) electrons. The van der Waals surface area contributed by atoms with E-state index in [9.17, 15) is 22.8 Å². The lowest BCUT2D eigenvalue weighted by molar-refractivity contribution is -0.143. The molecule has 0 saturated carbocycles. The molecular formula is C25H28F3NO4. The Hall–Kier alpha value is -2.61. The van der Waals surface area contributed by atoms with Crippen LogP contribution in [0, 0.1) is 5.41 Å². The Morgan fingerprint density at radius 2 is 1.97 bits per heavy atom. The number of hydrogen-bond donors (Lipinski definition) is 1. The van der Waals surface area contributed by atoms with Crippen molar-refractivity contribution in [3.05, 3.63) is 57.9 Å². The highest BCUT2D eigenvalue weighted by Gasteiger charge is 2.46. The first kappa shape index (κ1) is 23.5. The quantitative estimate of drug-likeness (QED) is 0.635. The summed E-state index contributed by atoms with van der Waals surface area (Å²) < 4.78 is 52.9. The van der Waals surface area contributed by atoms with Crippen LogP contribution >= 0.6 is 0 Å². The van der Waals surface area contributed by atoms with E-state index in [4.69, 9.17) is 9.47 Å². The lowest BCUT2D eigenvalue weighted by Gasteiger charge is -2.40. The van der Waals surface area contributed by atoms with Gasteiger partial charge in [-0.25, -0.2) is 4.79 Å². The number of esters is 1. The van der Waals surface area contributed by atoms with Crippen LogP contribution in [-0.2, 0) is 25.2 Å². The molecule has 0 unspecified atom stereocenters. The van der Waals surface area contributed by atoms with Gasteiger partial charge in [0.2, 0.25) is 0 Å². The predicted molar refractivity (Wildman–Crippen MR) is 115 cm³/mol. The second-order valence-corrected chi connectivity index (χ2v) is 9.75. The van der Waals surface area contributed by atoms with E-state index in [0.29, 0.717) is 24.4 Å². The number of dihydropyridines is 1. The molecule has 1 aromatic rings. The van der Waals surface area contributed by atoms with E-state index >= 15 is 0 Å². The van der Waals surface area contributed by atoms with Gasteiger partial charge in [-0.1, -0.05) is 32.0 Å². The Balaban J connectivity index is 1.81. The fraction of sp³-hybridized carbons (Fsp3) is 0.520. The summed E-state index contributed by atoms with van der Waals surface area (Å²) >= 11 is 0. The van der Waals surface area contributed by atoms with Crippen molar-refractivity contribution >= 4 is 11.8 Å². The SMILES string of the molecule is CC1=C(C(=O)OC[C@H]2CCCO2)[C@@H](c2ccccc2C(F)(F)F)C2=C(CC(C)(C)CC2=O)N1. The first-order chi connectivity index (χ1) is 15.5. The summed E-state index contributed by atoms with van der Waals surface area (Å²) in [7, 11) is 0. The molecule has 5 nitrogen and oxygen atoms in total. The van der Waals surface area contributed by atoms with Gasteiger partial charge in [-0.05, 0) is 43.2 Å². The van der Waals surface area contributed by atoms with Crippen molar-refractivity contribution in [2.24, 2.45) is 5.41 Å². The summed E-state index contributed by atoms with van der Waals surface area (Å²) in [5.41, 5.74) is -0.0778. The number of allylic oxidation sites excluding steroid dienone is 3. The van der Waals surface area contributed by atoms with E-state index in [1.165, 1.54) is 18.2 Å². The molecule has 33 heavy (non-hydrogen) atoms. The van der Waals surface area contributed by atoms with Crippen LogP contribution in [0.5, 0.6) is 0 Å². The first-order valence-electron chi connectivity index (χ1n) is 11.2. The molecule has 2 aliphatic heterocycles. The van der Waals surface area contributed by atoms with Crippen LogP contribution in [0.4, 0.5) is 13.2 Å². The molecule has 1 saturated heterocycles. The van der Waals surface area contributed by atoms with E-state index in [0.717, 1.165) is 18.9 Å². The van der Waals surface area contributed by atoms with Crippen molar-refractivity contribution in [2.75, 3.05) is 13.2 Å². The Morgan fingerprint density at radius 1 is 1.24 bits per heavy atom. The number of ketones is 1. The standard InChI is InChI=1S/C25H28F3NO4/c1-14-20(23(31)33-13-15-7-6-10-32-15)21(16-8-4-5-9-17(16)25(26,27)28)22-18(29-14)11-24(2,3)12-19(22)30/h4-5,8-9,15,21,29H,6-7,10-13H2,1-3H3/t15-,21-/m1/s1. The molecule has 3 aliphatic rings. The molecule has 178 valence electrons. The maximum Gasteiger partial charge on any atom is 0.416 e. The summed E-state index contributed by atoms with van der Waals surface area (Å²) in [5.74, 6) is -2.14. The third-order valence-corrected chi connectivity index (χ3v) is 6.46. The van der Waals surface area contributed by atoms with Crippen molar-refractivity contribution in [1.29, 1.82) is 0 Å². The third kappa shape index (κ3) is 4.71. The number of Topliss-reactive ketones (excluding diaryl/α,β-unsaturated/α-hetero) is 1. The number of carbonyl (C=O) groups is 2. The highest BCUT2D eigenvalue weighted by atomic mass is 19.4. The van der Waals surface area contributed by atoms with Crippen molar-refractivity contribution in [3.8, 4) is 0 Å². The van der Waals surface area contributed by atoms with Crippen LogP contribution in [-0.4, -0.2) is 31.1 Å². The third-order valence-electron chi connectivity index (χ3n) is 6.46. The van der Waals surface area contributed by atoms with E-state index in [1.807, 2.05) is 13.8 Å². The average molecular weight is 463 g/mol. The van der Waals surface area contributed by atoms with Crippen LogP contribution in [0.15, 0.2) is 46.8 Å². The van der Waals surface area contributed by atoms with Crippen LogP contribution in [0.25, 0.3) is 0 Å². The molecule has 8 heteroatoms. The van der Waals surface area contributed by atoms with Gasteiger partial charge in [0, 0.05) is 35.9 Å². The van der Waals surface area contributed by atoms with Gasteiger partial charge in [0.05, 0.1) is 17.2 Å². The van der Waals surface area contributed by atoms with Crippen molar-refractivity contribution in [1.82, 2.24) is 5.32 Å². The van der Waals surface area contributed by atoms with Crippen molar-refractivity contribution < 1.29 is 32.2 Å². The van der Waals surface area contributed by atoms with Gasteiger partial charge >= 0.3 is 12.1 Å². The van der Waals surface area contributed by atoms with Gasteiger partial charge in [0.25, 0.3) is 0 Å². The zero-order valence-electron chi connectivity index (χ0n) is 19.0. The molecular weight excluding hydrogens is 435 g/mol. The van der Waals surface area contributed by atoms with E-state index in [-0.39, 0.29) is 47.0 Å².